The molecule has 1 heterocycles. The van der Waals surface area contributed by atoms with Gasteiger partial charge in [-0.2, -0.15) is 10.2 Å². The smallest absolute Gasteiger partial charge is 0.124 e. The summed E-state index contributed by atoms with van der Waals surface area (Å²) in [6.07, 6.45) is 3.86. The molecule has 1 aliphatic rings. The van der Waals surface area contributed by atoms with Crippen molar-refractivity contribution in [1.82, 2.24) is 0 Å². The molecule has 1 saturated heterocycles. The monoisotopic (exact) mass is 330 g/mol. The van der Waals surface area contributed by atoms with E-state index < -0.39 is 0 Å². The van der Waals surface area contributed by atoms with Gasteiger partial charge in [-0.1, -0.05) is 11.6 Å². The van der Waals surface area contributed by atoms with Crippen molar-refractivity contribution in [2.75, 3.05) is 13.1 Å². The van der Waals surface area contributed by atoms with Crippen molar-refractivity contribution in [3.05, 3.63) is 53.1 Å². The minimum Gasteiger partial charge on any atom is -0.507 e. The molecule has 0 unspecified atom stereocenters. The van der Waals surface area contributed by atoms with Crippen LogP contribution < -0.4 is 4.90 Å². The molecule has 23 heavy (non-hydrogen) atoms. The average Bonchev–Trinajstić information content (AvgIpc) is 2.58. The van der Waals surface area contributed by atoms with Crippen LogP contribution in [0.15, 0.2) is 52.7 Å². The molecule has 2 N–H and O–H groups in total. The Morgan fingerprint density at radius 2 is 1.57 bits per heavy atom. The second-order valence-electron chi connectivity index (χ2n) is 5.98. The Labute approximate surface area is 141 Å². The summed E-state index contributed by atoms with van der Waals surface area (Å²) in [5, 5.41) is 19.2. The summed E-state index contributed by atoms with van der Waals surface area (Å²) in [6.45, 7) is 3.20. The van der Waals surface area contributed by atoms with Gasteiger partial charge in [-0.05, 0) is 61.7 Å². The van der Waals surface area contributed by atoms with Crippen LogP contribution in [0, 0.1) is 0 Å². The van der Waals surface area contributed by atoms with Crippen molar-refractivity contribution in [2.24, 2.45) is 10.2 Å². The zero-order valence-corrected chi connectivity index (χ0v) is 13.8. The maximum Gasteiger partial charge on any atom is 0.124 e. The predicted octanol–water partition coefficient (Wildman–Crippen LogP) is 4.03. The molecule has 2 aromatic rings. The molecule has 120 valence electrons. The summed E-state index contributed by atoms with van der Waals surface area (Å²) in [5.74, 6) is 0.341. The SMILES string of the molecule is Oc1ccc(N=Nc2ccc(Cl)cc2)cc1C[NH+]1CCCCC1. The van der Waals surface area contributed by atoms with E-state index in [0.29, 0.717) is 10.8 Å². The van der Waals surface area contributed by atoms with Crippen molar-refractivity contribution in [1.29, 1.82) is 0 Å². The largest absolute Gasteiger partial charge is 0.507 e. The molecule has 1 fully saturated rings. The van der Waals surface area contributed by atoms with Crippen LogP contribution in [0.4, 0.5) is 11.4 Å². The number of phenols is 1. The van der Waals surface area contributed by atoms with E-state index in [9.17, 15) is 5.11 Å². The zero-order chi connectivity index (χ0) is 16.1. The van der Waals surface area contributed by atoms with Crippen molar-refractivity contribution >= 4 is 23.0 Å². The van der Waals surface area contributed by atoms with E-state index in [4.69, 9.17) is 11.6 Å². The fourth-order valence-corrected chi connectivity index (χ4v) is 3.02. The maximum atomic E-state index is 10.1. The molecular formula is C18H21ClN3O+. The molecule has 0 radical (unpaired) electrons. The lowest BCUT2D eigenvalue weighted by atomic mass is 10.1. The number of piperidine rings is 1. The fraction of sp³-hybridized carbons (Fsp3) is 0.333. The van der Waals surface area contributed by atoms with Crippen LogP contribution in [-0.4, -0.2) is 18.2 Å². The first-order valence-electron chi connectivity index (χ1n) is 8.03. The lowest BCUT2D eigenvalue weighted by Gasteiger charge is -2.23. The molecule has 2 aromatic carbocycles. The highest BCUT2D eigenvalue weighted by Crippen LogP contribution is 2.25. The van der Waals surface area contributed by atoms with Crippen molar-refractivity contribution < 1.29 is 10.0 Å². The number of phenolic OH excluding ortho intramolecular Hbond substituents is 1. The number of aromatic hydroxyl groups is 1. The lowest BCUT2D eigenvalue weighted by Crippen LogP contribution is -3.11. The highest BCUT2D eigenvalue weighted by molar-refractivity contribution is 6.30. The molecule has 1 aliphatic heterocycles. The molecule has 0 saturated carbocycles. The Morgan fingerprint density at radius 3 is 2.30 bits per heavy atom. The second kappa shape index (κ2) is 7.57. The van der Waals surface area contributed by atoms with Crippen molar-refractivity contribution in [2.45, 2.75) is 25.8 Å². The normalized spacial score (nSPS) is 16.0. The summed E-state index contributed by atoms with van der Waals surface area (Å²) in [5.41, 5.74) is 2.45. The Bertz CT molecular complexity index is 679. The molecule has 0 spiro atoms. The number of hydrogen-bond acceptors (Lipinski definition) is 3. The molecule has 0 amide bonds. The second-order valence-corrected chi connectivity index (χ2v) is 6.41. The van der Waals surface area contributed by atoms with E-state index in [1.54, 1.807) is 24.3 Å². The van der Waals surface area contributed by atoms with Gasteiger partial charge >= 0.3 is 0 Å². The third-order valence-electron chi connectivity index (χ3n) is 4.17. The third-order valence-corrected chi connectivity index (χ3v) is 4.42. The van der Waals surface area contributed by atoms with Crippen LogP contribution in [0.3, 0.4) is 0 Å². The fourth-order valence-electron chi connectivity index (χ4n) is 2.90. The van der Waals surface area contributed by atoms with Gasteiger partial charge in [0, 0.05) is 5.02 Å². The minimum atomic E-state index is 0.341. The predicted molar refractivity (Wildman–Crippen MR) is 92.0 cm³/mol. The molecule has 3 rings (SSSR count). The first-order valence-corrected chi connectivity index (χ1v) is 8.41. The average molecular weight is 331 g/mol. The van der Waals surface area contributed by atoms with E-state index in [1.165, 1.54) is 37.3 Å². The summed E-state index contributed by atoms with van der Waals surface area (Å²) in [4.78, 5) is 1.53. The standard InChI is InChI=1S/C18H20ClN3O/c19-15-4-6-16(7-5-15)20-21-17-8-9-18(23)14(12-17)13-22-10-2-1-3-11-22/h4-9,12,23H,1-3,10-11,13H2/p+1. The first-order chi connectivity index (χ1) is 11.2. The highest BCUT2D eigenvalue weighted by atomic mass is 35.5. The Morgan fingerprint density at radius 1 is 0.913 bits per heavy atom. The number of halogens is 1. The zero-order valence-electron chi connectivity index (χ0n) is 13.0. The topological polar surface area (TPSA) is 49.4 Å². The van der Waals surface area contributed by atoms with Crippen LogP contribution >= 0.6 is 11.6 Å². The number of azo groups is 1. The van der Waals surface area contributed by atoms with Gasteiger partial charge in [-0.3, -0.25) is 0 Å². The van der Waals surface area contributed by atoms with Gasteiger partial charge in [-0.25, -0.2) is 0 Å². The Kier molecular flexibility index (Phi) is 5.26. The number of hydrogen-bond donors (Lipinski definition) is 2. The molecule has 4 nitrogen and oxygen atoms in total. The van der Waals surface area contributed by atoms with Gasteiger partial charge < -0.3 is 10.0 Å². The molecule has 0 aliphatic carbocycles. The number of rotatable bonds is 4. The lowest BCUT2D eigenvalue weighted by molar-refractivity contribution is -0.918. The number of nitrogens with one attached hydrogen (secondary N) is 1. The summed E-state index contributed by atoms with van der Waals surface area (Å²) < 4.78 is 0. The van der Waals surface area contributed by atoms with Gasteiger partial charge in [0.1, 0.15) is 12.3 Å². The first kappa shape index (κ1) is 16.0. The molecule has 0 atom stereocenters. The Hall–Kier alpha value is -1.91. The minimum absolute atomic E-state index is 0.341. The highest BCUT2D eigenvalue weighted by Gasteiger charge is 2.16. The van der Waals surface area contributed by atoms with Gasteiger partial charge in [0.25, 0.3) is 0 Å². The molecule has 0 aromatic heterocycles. The summed E-state index contributed by atoms with van der Waals surface area (Å²) >= 11 is 5.86. The molecule has 5 heteroatoms. The number of likely N-dealkylation sites (tertiary alicyclic amines) is 1. The summed E-state index contributed by atoms with van der Waals surface area (Å²) in [7, 11) is 0. The van der Waals surface area contributed by atoms with E-state index in [1.807, 2.05) is 18.2 Å². The van der Waals surface area contributed by atoms with Crippen molar-refractivity contribution in [3.8, 4) is 5.75 Å². The van der Waals surface area contributed by atoms with Crippen LogP contribution in [-0.2, 0) is 6.54 Å². The third kappa shape index (κ3) is 4.53. The van der Waals surface area contributed by atoms with Gasteiger partial charge in [0.2, 0.25) is 0 Å². The summed E-state index contributed by atoms with van der Waals surface area (Å²) in [6, 6.07) is 12.6. The van der Waals surface area contributed by atoms with Crippen LogP contribution in [0.5, 0.6) is 5.75 Å². The van der Waals surface area contributed by atoms with Crippen LogP contribution in [0.1, 0.15) is 24.8 Å². The number of nitrogens with zero attached hydrogens (tertiary/aromatic N) is 2. The van der Waals surface area contributed by atoms with E-state index in [0.717, 1.165) is 23.5 Å². The van der Waals surface area contributed by atoms with Gasteiger partial charge in [-0.15, -0.1) is 0 Å². The van der Waals surface area contributed by atoms with Crippen molar-refractivity contribution in [3.63, 3.8) is 0 Å². The van der Waals surface area contributed by atoms with E-state index in [-0.39, 0.29) is 0 Å². The van der Waals surface area contributed by atoms with Crippen LogP contribution in [0.25, 0.3) is 0 Å². The van der Waals surface area contributed by atoms with Gasteiger partial charge in [0.15, 0.2) is 0 Å². The Balaban J connectivity index is 1.72. The number of benzene rings is 2. The number of quaternary nitrogens is 1. The van der Waals surface area contributed by atoms with E-state index in [2.05, 4.69) is 10.2 Å². The van der Waals surface area contributed by atoms with E-state index >= 15 is 0 Å². The molecular weight excluding hydrogens is 310 g/mol. The molecule has 0 bridgehead atoms. The van der Waals surface area contributed by atoms with Gasteiger partial charge in [0.05, 0.1) is 30.0 Å². The maximum absolute atomic E-state index is 10.1. The quantitative estimate of drug-likeness (QED) is 0.817. The van der Waals surface area contributed by atoms with Crippen LogP contribution in [0.2, 0.25) is 5.02 Å².